The van der Waals surface area contributed by atoms with E-state index >= 15 is 0 Å². The van der Waals surface area contributed by atoms with Crippen LogP contribution in [-0.2, 0) is 4.79 Å². The van der Waals surface area contributed by atoms with Gasteiger partial charge in [0.25, 0.3) is 0 Å². The summed E-state index contributed by atoms with van der Waals surface area (Å²) >= 11 is 4.73. The largest absolute Gasteiger partial charge is 0.297 e. The van der Waals surface area contributed by atoms with Crippen molar-refractivity contribution in [2.45, 2.75) is 30.6 Å². The second-order valence-corrected chi connectivity index (χ2v) is 8.00. The smallest absolute Gasteiger partial charge is 0.157 e. The standard InChI is InChI=1S/C22H23FN2OS/c23-19-6-2-1-5-18(19)21(22(26)16-7-8-16)25-11-9-20(27)17(14-25)12-15-4-3-10-24-13-15/h1-6,10,12-13,16,20-21,27H,7-9,11,14H2. The molecule has 1 aliphatic carbocycles. The fourth-order valence-corrected chi connectivity index (χ4v) is 4.02. The lowest BCUT2D eigenvalue weighted by atomic mass is 9.93. The minimum absolute atomic E-state index is 0.0779. The van der Waals surface area contributed by atoms with Crippen LogP contribution in [0.5, 0.6) is 0 Å². The molecule has 1 aromatic carbocycles. The molecule has 27 heavy (non-hydrogen) atoms. The highest BCUT2D eigenvalue weighted by Gasteiger charge is 2.40. The predicted octanol–water partition coefficient (Wildman–Crippen LogP) is 4.33. The van der Waals surface area contributed by atoms with Crippen molar-refractivity contribution in [1.82, 2.24) is 9.88 Å². The number of halogens is 1. The molecule has 0 amide bonds. The van der Waals surface area contributed by atoms with Gasteiger partial charge in [-0.3, -0.25) is 14.7 Å². The molecule has 2 fully saturated rings. The Morgan fingerprint density at radius 1 is 1.22 bits per heavy atom. The zero-order valence-electron chi connectivity index (χ0n) is 15.1. The van der Waals surface area contributed by atoms with Gasteiger partial charge in [0.15, 0.2) is 5.78 Å². The summed E-state index contributed by atoms with van der Waals surface area (Å²) in [5.41, 5.74) is 2.65. The van der Waals surface area contributed by atoms with Crippen molar-refractivity contribution < 1.29 is 9.18 Å². The van der Waals surface area contributed by atoms with Crippen LogP contribution < -0.4 is 0 Å². The number of pyridine rings is 1. The first kappa shape index (κ1) is 18.4. The highest BCUT2D eigenvalue weighted by atomic mass is 32.1. The fourth-order valence-electron chi connectivity index (χ4n) is 3.75. The van der Waals surface area contributed by atoms with Crippen LogP contribution in [0.3, 0.4) is 0 Å². The van der Waals surface area contributed by atoms with Gasteiger partial charge in [0.2, 0.25) is 0 Å². The molecule has 4 rings (SSSR count). The summed E-state index contributed by atoms with van der Waals surface area (Å²) < 4.78 is 14.5. The number of carbonyl (C=O) groups is 1. The molecule has 5 heteroatoms. The van der Waals surface area contributed by atoms with Gasteiger partial charge >= 0.3 is 0 Å². The third-order valence-corrected chi connectivity index (χ3v) is 5.94. The average Bonchev–Trinajstić information content (AvgIpc) is 3.52. The molecule has 1 aliphatic heterocycles. The second kappa shape index (κ2) is 7.95. The number of hydrogen-bond acceptors (Lipinski definition) is 4. The van der Waals surface area contributed by atoms with Gasteiger partial charge in [0, 0.05) is 42.2 Å². The first-order valence-electron chi connectivity index (χ1n) is 9.44. The van der Waals surface area contributed by atoms with Crippen LogP contribution in [0.1, 0.15) is 36.4 Å². The molecular weight excluding hydrogens is 359 g/mol. The van der Waals surface area contributed by atoms with Crippen LogP contribution >= 0.6 is 12.6 Å². The van der Waals surface area contributed by atoms with E-state index in [1.165, 1.54) is 6.07 Å². The number of benzene rings is 1. The summed E-state index contributed by atoms with van der Waals surface area (Å²) in [5, 5.41) is 0.138. The zero-order chi connectivity index (χ0) is 18.8. The van der Waals surface area contributed by atoms with Gasteiger partial charge in [-0.15, -0.1) is 0 Å². The summed E-state index contributed by atoms with van der Waals surface area (Å²) in [7, 11) is 0. The Bertz CT molecular complexity index is 850. The maximum Gasteiger partial charge on any atom is 0.157 e. The minimum Gasteiger partial charge on any atom is -0.297 e. The van der Waals surface area contributed by atoms with Gasteiger partial charge in [-0.25, -0.2) is 4.39 Å². The number of carbonyl (C=O) groups excluding carboxylic acids is 1. The number of ketones is 1. The highest BCUT2D eigenvalue weighted by Crippen LogP contribution is 2.39. The number of piperidine rings is 1. The Kier molecular flexibility index (Phi) is 5.41. The monoisotopic (exact) mass is 382 g/mol. The van der Waals surface area contributed by atoms with Crippen LogP contribution in [0.15, 0.2) is 54.4 Å². The van der Waals surface area contributed by atoms with E-state index in [0.29, 0.717) is 12.1 Å². The Morgan fingerprint density at radius 2 is 2.04 bits per heavy atom. The molecule has 2 atom stereocenters. The Balaban J connectivity index is 1.65. The molecule has 2 aromatic rings. The van der Waals surface area contributed by atoms with Crippen molar-refractivity contribution >= 4 is 24.5 Å². The number of nitrogens with zero attached hydrogens (tertiary/aromatic N) is 2. The average molecular weight is 383 g/mol. The maximum atomic E-state index is 14.5. The van der Waals surface area contributed by atoms with Crippen molar-refractivity contribution in [3.05, 3.63) is 71.3 Å². The van der Waals surface area contributed by atoms with E-state index in [9.17, 15) is 9.18 Å². The molecule has 2 aliphatic rings. The van der Waals surface area contributed by atoms with E-state index in [4.69, 9.17) is 12.6 Å². The van der Waals surface area contributed by atoms with E-state index in [1.54, 1.807) is 18.3 Å². The van der Waals surface area contributed by atoms with Crippen LogP contribution in [-0.4, -0.2) is 34.0 Å². The SMILES string of the molecule is O=C(C1CC1)C(c1ccccc1F)N1CCC(S)C(=Cc2cccnc2)C1. The fraction of sp³-hybridized carbons (Fsp3) is 0.364. The van der Waals surface area contributed by atoms with Crippen molar-refractivity contribution in [2.75, 3.05) is 13.1 Å². The van der Waals surface area contributed by atoms with Crippen LogP contribution in [0.25, 0.3) is 6.08 Å². The first-order chi connectivity index (χ1) is 13.1. The molecule has 0 radical (unpaired) electrons. The number of Topliss-reactive ketones (excluding diaryl/α,β-unsaturated/α-hetero) is 1. The van der Waals surface area contributed by atoms with E-state index in [1.807, 2.05) is 24.4 Å². The van der Waals surface area contributed by atoms with Crippen molar-refractivity contribution in [3.63, 3.8) is 0 Å². The number of likely N-dealkylation sites (tertiary alicyclic amines) is 1. The van der Waals surface area contributed by atoms with E-state index < -0.39 is 6.04 Å². The summed E-state index contributed by atoms with van der Waals surface area (Å²) in [6.07, 6.45) is 8.33. The van der Waals surface area contributed by atoms with Gasteiger partial charge in [-0.05, 0) is 42.5 Å². The number of aromatic nitrogens is 1. The van der Waals surface area contributed by atoms with Crippen molar-refractivity contribution in [3.8, 4) is 0 Å². The number of rotatable bonds is 5. The minimum atomic E-state index is -0.517. The molecule has 1 saturated heterocycles. The lowest BCUT2D eigenvalue weighted by molar-refractivity contribution is -0.126. The third kappa shape index (κ3) is 4.14. The highest BCUT2D eigenvalue weighted by molar-refractivity contribution is 7.81. The quantitative estimate of drug-likeness (QED) is 0.782. The molecule has 2 heterocycles. The summed E-state index contributed by atoms with van der Waals surface area (Å²) in [6, 6.07) is 10.1. The molecule has 2 unspecified atom stereocenters. The molecule has 0 N–H and O–H groups in total. The van der Waals surface area contributed by atoms with Gasteiger partial charge < -0.3 is 0 Å². The molecule has 1 aromatic heterocycles. The molecule has 140 valence electrons. The molecular formula is C22H23FN2OS. The van der Waals surface area contributed by atoms with Crippen LogP contribution in [0.4, 0.5) is 4.39 Å². The van der Waals surface area contributed by atoms with Gasteiger partial charge in [-0.2, -0.15) is 12.6 Å². The molecule has 3 nitrogen and oxygen atoms in total. The summed E-state index contributed by atoms with van der Waals surface area (Å²) in [5.74, 6) is -0.0742. The lowest BCUT2D eigenvalue weighted by Gasteiger charge is -2.37. The second-order valence-electron chi connectivity index (χ2n) is 7.38. The summed E-state index contributed by atoms with van der Waals surface area (Å²) in [4.78, 5) is 19.3. The Hall–Kier alpha value is -1.98. The van der Waals surface area contributed by atoms with Crippen molar-refractivity contribution in [2.24, 2.45) is 5.92 Å². The lowest BCUT2D eigenvalue weighted by Crippen LogP contribution is -2.42. The first-order valence-corrected chi connectivity index (χ1v) is 9.96. The Labute approximate surface area is 164 Å². The van der Waals surface area contributed by atoms with Gasteiger partial charge in [0.05, 0.1) is 6.04 Å². The molecule has 0 spiro atoms. The normalized spacial score (nSPS) is 23.3. The molecule has 0 bridgehead atoms. The predicted molar refractivity (Wildman–Crippen MR) is 108 cm³/mol. The van der Waals surface area contributed by atoms with Crippen LogP contribution in [0.2, 0.25) is 0 Å². The maximum absolute atomic E-state index is 14.5. The van der Waals surface area contributed by atoms with Crippen molar-refractivity contribution in [1.29, 1.82) is 0 Å². The topological polar surface area (TPSA) is 33.2 Å². The number of hydrogen-bond donors (Lipinski definition) is 1. The summed E-state index contributed by atoms with van der Waals surface area (Å²) in [6.45, 7) is 1.34. The zero-order valence-corrected chi connectivity index (χ0v) is 16.0. The van der Waals surface area contributed by atoms with E-state index in [2.05, 4.69) is 16.0 Å². The Morgan fingerprint density at radius 3 is 2.74 bits per heavy atom. The van der Waals surface area contributed by atoms with Crippen LogP contribution in [0, 0.1) is 11.7 Å². The van der Waals surface area contributed by atoms with Gasteiger partial charge in [0.1, 0.15) is 5.82 Å². The van der Waals surface area contributed by atoms with E-state index in [-0.39, 0.29) is 22.8 Å². The third-order valence-electron chi connectivity index (χ3n) is 5.35. The van der Waals surface area contributed by atoms with Gasteiger partial charge in [-0.1, -0.05) is 30.3 Å². The van der Waals surface area contributed by atoms with E-state index in [0.717, 1.165) is 36.9 Å². The molecule has 1 saturated carbocycles. The number of thiol groups is 1.